The largest absolute Gasteiger partial charge is 0.496 e. The zero-order chi connectivity index (χ0) is 18.6. The van der Waals surface area contributed by atoms with Gasteiger partial charge in [-0.1, -0.05) is 12.1 Å². The van der Waals surface area contributed by atoms with E-state index in [-0.39, 0.29) is 16.4 Å². The summed E-state index contributed by atoms with van der Waals surface area (Å²) >= 11 is 8.18. The topological polar surface area (TPSA) is 50.4 Å². The normalized spacial score (nSPS) is 10.9. The van der Waals surface area contributed by atoms with E-state index in [1.807, 2.05) is 0 Å². The van der Waals surface area contributed by atoms with E-state index in [1.54, 1.807) is 6.07 Å². The Bertz CT molecular complexity index is 812. The molecule has 2 rings (SSSR count). The summed E-state index contributed by atoms with van der Waals surface area (Å²) in [6, 6.07) is 9.45. The van der Waals surface area contributed by atoms with Gasteiger partial charge in [-0.3, -0.25) is 10.1 Å². The summed E-state index contributed by atoms with van der Waals surface area (Å²) in [7, 11) is 1.48. The van der Waals surface area contributed by atoms with Crippen molar-refractivity contribution >= 4 is 44.9 Å². The van der Waals surface area contributed by atoms with E-state index in [0.29, 0.717) is 10.2 Å². The van der Waals surface area contributed by atoms with Crippen LogP contribution in [0.3, 0.4) is 0 Å². The number of carbonyl (C=O) groups excluding carboxylic acids is 1. The highest BCUT2D eigenvalue weighted by atomic mass is 79.9. The molecule has 2 aromatic rings. The molecular formula is C16H12BrF3N2O2S. The monoisotopic (exact) mass is 432 g/mol. The second-order valence-corrected chi connectivity index (χ2v) is 6.06. The molecule has 4 nitrogen and oxygen atoms in total. The van der Waals surface area contributed by atoms with Crippen LogP contribution in [-0.4, -0.2) is 18.1 Å². The van der Waals surface area contributed by atoms with Gasteiger partial charge in [0.2, 0.25) is 0 Å². The molecule has 2 aromatic carbocycles. The molecule has 0 aliphatic heterocycles. The molecule has 25 heavy (non-hydrogen) atoms. The molecule has 0 aliphatic rings. The molecule has 0 heterocycles. The molecule has 0 atom stereocenters. The van der Waals surface area contributed by atoms with Gasteiger partial charge in [-0.2, -0.15) is 13.2 Å². The lowest BCUT2D eigenvalue weighted by atomic mass is 10.1. The maximum atomic E-state index is 13.0. The van der Waals surface area contributed by atoms with Crippen molar-refractivity contribution in [3.05, 3.63) is 58.1 Å². The SMILES string of the molecule is COc1ccc(C(=O)NC(=S)Nc2ccccc2C(F)(F)F)cc1Br. The summed E-state index contributed by atoms with van der Waals surface area (Å²) in [5.41, 5.74) is -0.851. The van der Waals surface area contributed by atoms with Crippen LogP contribution in [0, 0.1) is 0 Å². The van der Waals surface area contributed by atoms with E-state index in [2.05, 4.69) is 26.6 Å². The Hall–Kier alpha value is -2.13. The van der Waals surface area contributed by atoms with Gasteiger partial charge in [0.25, 0.3) is 5.91 Å². The minimum atomic E-state index is -4.54. The number of anilines is 1. The Morgan fingerprint density at radius 1 is 1.20 bits per heavy atom. The number of carbonyl (C=O) groups is 1. The highest BCUT2D eigenvalue weighted by Gasteiger charge is 2.33. The fourth-order valence-electron chi connectivity index (χ4n) is 1.98. The van der Waals surface area contributed by atoms with Crippen molar-refractivity contribution in [3.63, 3.8) is 0 Å². The zero-order valence-corrected chi connectivity index (χ0v) is 15.2. The fourth-order valence-corrected chi connectivity index (χ4v) is 2.72. The highest BCUT2D eigenvalue weighted by molar-refractivity contribution is 9.10. The Kier molecular flexibility index (Phi) is 6.02. The summed E-state index contributed by atoms with van der Waals surface area (Å²) in [5, 5.41) is 4.50. The number of alkyl halides is 3. The van der Waals surface area contributed by atoms with Crippen molar-refractivity contribution in [2.45, 2.75) is 6.18 Å². The first kappa shape index (κ1) is 19.2. The predicted molar refractivity (Wildman–Crippen MR) is 95.8 cm³/mol. The lowest BCUT2D eigenvalue weighted by Crippen LogP contribution is -2.34. The third-order valence-corrected chi connectivity index (χ3v) is 3.95. The van der Waals surface area contributed by atoms with Crippen LogP contribution in [0.1, 0.15) is 15.9 Å². The van der Waals surface area contributed by atoms with Gasteiger partial charge < -0.3 is 10.1 Å². The van der Waals surface area contributed by atoms with Crippen molar-refractivity contribution in [2.75, 3.05) is 12.4 Å². The van der Waals surface area contributed by atoms with Crippen molar-refractivity contribution in [2.24, 2.45) is 0 Å². The lowest BCUT2D eigenvalue weighted by Gasteiger charge is -2.15. The Labute approximate surface area is 155 Å². The summed E-state index contributed by atoms with van der Waals surface area (Å²) < 4.78 is 44.5. The molecule has 9 heteroatoms. The number of para-hydroxylation sites is 1. The van der Waals surface area contributed by atoms with Crippen molar-refractivity contribution < 1.29 is 22.7 Å². The van der Waals surface area contributed by atoms with E-state index < -0.39 is 17.6 Å². The maximum absolute atomic E-state index is 13.0. The molecule has 0 aromatic heterocycles. The smallest absolute Gasteiger partial charge is 0.418 e. The van der Waals surface area contributed by atoms with Gasteiger partial charge >= 0.3 is 6.18 Å². The van der Waals surface area contributed by atoms with Gasteiger partial charge in [0.1, 0.15) is 5.75 Å². The first-order chi connectivity index (χ1) is 11.7. The summed E-state index contributed by atoms with van der Waals surface area (Å²) in [4.78, 5) is 12.2. The number of thiocarbonyl (C=S) groups is 1. The van der Waals surface area contributed by atoms with Gasteiger partial charge in [-0.05, 0) is 58.5 Å². The van der Waals surface area contributed by atoms with E-state index in [9.17, 15) is 18.0 Å². The number of hydrogen-bond donors (Lipinski definition) is 2. The molecule has 1 amide bonds. The van der Waals surface area contributed by atoms with Crippen LogP contribution in [0.4, 0.5) is 18.9 Å². The van der Waals surface area contributed by atoms with Crippen LogP contribution >= 0.6 is 28.1 Å². The average molecular weight is 433 g/mol. The molecule has 0 spiro atoms. The van der Waals surface area contributed by atoms with Crippen LogP contribution in [0.25, 0.3) is 0 Å². The van der Waals surface area contributed by atoms with Gasteiger partial charge in [0.05, 0.1) is 22.8 Å². The van der Waals surface area contributed by atoms with Gasteiger partial charge in [-0.15, -0.1) is 0 Å². The Balaban J connectivity index is 2.11. The van der Waals surface area contributed by atoms with Gasteiger partial charge in [0.15, 0.2) is 5.11 Å². The van der Waals surface area contributed by atoms with Crippen LogP contribution in [0.15, 0.2) is 46.9 Å². The third kappa shape index (κ3) is 4.93. The molecule has 0 saturated carbocycles. The molecular weight excluding hydrogens is 421 g/mol. The van der Waals surface area contributed by atoms with Crippen LogP contribution in [-0.2, 0) is 6.18 Å². The number of benzene rings is 2. The quantitative estimate of drug-likeness (QED) is 0.695. The second-order valence-electron chi connectivity index (χ2n) is 4.80. The second kappa shape index (κ2) is 7.83. The number of rotatable bonds is 3. The third-order valence-electron chi connectivity index (χ3n) is 3.12. The van der Waals surface area contributed by atoms with Crippen LogP contribution in [0.5, 0.6) is 5.75 Å². The van der Waals surface area contributed by atoms with Crippen molar-refractivity contribution in [3.8, 4) is 5.75 Å². The van der Waals surface area contributed by atoms with E-state index in [1.165, 1.54) is 37.4 Å². The standard InChI is InChI=1S/C16H12BrF3N2O2S/c1-24-13-7-6-9(8-11(13)17)14(23)22-15(25)21-12-5-3-2-4-10(12)16(18,19)20/h2-8H,1H3,(H2,21,22,23,25). The van der Waals surface area contributed by atoms with Crippen molar-refractivity contribution in [1.82, 2.24) is 5.32 Å². The molecule has 0 fully saturated rings. The van der Waals surface area contributed by atoms with Gasteiger partial charge in [-0.25, -0.2) is 0 Å². The number of amides is 1. The van der Waals surface area contributed by atoms with E-state index in [4.69, 9.17) is 17.0 Å². The first-order valence-corrected chi connectivity index (χ1v) is 8.04. The number of ether oxygens (including phenoxy) is 1. The number of hydrogen-bond acceptors (Lipinski definition) is 3. The first-order valence-electron chi connectivity index (χ1n) is 6.84. The fraction of sp³-hybridized carbons (Fsp3) is 0.125. The van der Waals surface area contributed by atoms with E-state index >= 15 is 0 Å². The Morgan fingerprint density at radius 2 is 1.88 bits per heavy atom. The van der Waals surface area contributed by atoms with Gasteiger partial charge in [0, 0.05) is 5.56 Å². The molecule has 0 aliphatic carbocycles. The molecule has 2 N–H and O–H groups in total. The summed E-state index contributed by atoms with van der Waals surface area (Å²) in [6.07, 6.45) is -4.54. The highest BCUT2D eigenvalue weighted by Crippen LogP contribution is 2.34. The molecule has 0 saturated heterocycles. The maximum Gasteiger partial charge on any atom is 0.418 e. The van der Waals surface area contributed by atoms with E-state index in [0.717, 1.165) is 6.07 Å². The molecule has 0 unspecified atom stereocenters. The zero-order valence-electron chi connectivity index (χ0n) is 12.8. The minimum absolute atomic E-state index is 0.240. The van der Waals surface area contributed by atoms with Crippen LogP contribution < -0.4 is 15.4 Å². The molecule has 0 bridgehead atoms. The number of nitrogens with one attached hydrogen (secondary N) is 2. The molecule has 132 valence electrons. The summed E-state index contributed by atoms with van der Waals surface area (Å²) in [5.74, 6) is -0.0262. The predicted octanol–water partition coefficient (Wildman–Crippen LogP) is 4.60. The minimum Gasteiger partial charge on any atom is -0.496 e. The molecule has 0 radical (unpaired) electrons. The van der Waals surface area contributed by atoms with Crippen molar-refractivity contribution in [1.29, 1.82) is 0 Å². The van der Waals surface area contributed by atoms with Crippen LogP contribution in [0.2, 0.25) is 0 Å². The lowest BCUT2D eigenvalue weighted by molar-refractivity contribution is -0.136. The summed E-state index contributed by atoms with van der Waals surface area (Å²) in [6.45, 7) is 0. The average Bonchev–Trinajstić information content (AvgIpc) is 2.54. The Morgan fingerprint density at radius 3 is 2.48 bits per heavy atom. The number of methoxy groups -OCH3 is 1. The number of halogens is 4.